The first-order valence-corrected chi connectivity index (χ1v) is 8.04. The van der Waals surface area contributed by atoms with Gasteiger partial charge in [-0.3, -0.25) is 4.79 Å². The fraction of sp³-hybridized carbons (Fsp3) is 0.588. The van der Waals surface area contributed by atoms with Crippen LogP contribution in [0, 0.1) is 5.92 Å². The highest BCUT2D eigenvalue weighted by Crippen LogP contribution is 2.21. The average molecular weight is 326 g/mol. The van der Waals surface area contributed by atoms with Crippen molar-refractivity contribution < 1.29 is 18.3 Å². The predicted molar refractivity (Wildman–Crippen MR) is 84.6 cm³/mol. The third-order valence-corrected chi connectivity index (χ3v) is 4.25. The summed E-state index contributed by atoms with van der Waals surface area (Å²) in [5, 5.41) is 3.15. The van der Waals surface area contributed by atoms with E-state index >= 15 is 0 Å². The van der Waals surface area contributed by atoms with E-state index in [2.05, 4.69) is 10.1 Å². The van der Waals surface area contributed by atoms with E-state index in [0.717, 1.165) is 38.9 Å². The van der Waals surface area contributed by atoms with Crippen LogP contribution in [0.3, 0.4) is 0 Å². The van der Waals surface area contributed by atoms with Gasteiger partial charge in [-0.2, -0.15) is 8.78 Å². The Balaban J connectivity index is 1.83. The fourth-order valence-corrected chi connectivity index (χ4v) is 2.94. The van der Waals surface area contributed by atoms with Gasteiger partial charge < -0.3 is 15.0 Å². The average Bonchev–Trinajstić information content (AvgIpc) is 2.53. The predicted octanol–water partition coefficient (Wildman–Crippen LogP) is 2.68. The molecule has 23 heavy (non-hydrogen) atoms. The number of halogens is 2. The molecule has 1 N–H and O–H groups in total. The maximum Gasteiger partial charge on any atom is 0.387 e. The second-order valence-corrected chi connectivity index (χ2v) is 5.92. The zero-order chi connectivity index (χ0) is 16.7. The maximum atomic E-state index is 12.3. The minimum atomic E-state index is -2.85. The number of carbonyl (C=O) groups is 1. The quantitative estimate of drug-likeness (QED) is 0.838. The summed E-state index contributed by atoms with van der Waals surface area (Å²) in [6, 6.07) is 6.36. The molecule has 1 amide bonds. The van der Waals surface area contributed by atoms with Gasteiger partial charge in [0.2, 0.25) is 5.91 Å². The van der Waals surface area contributed by atoms with Crippen molar-refractivity contribution in [1.29, 1.82) is 0 Å². The Morgan fingerprint density at radius 2 is 2.13 bits per heavy atom. The van der Waals surface area contributed by atoms with Crippen LogP contribution in [-0.2, 0) is 11.2 Å². The van der Waals surface area contributed by atoms with Crippen LogP contribution in [0.4, 0.5) is 8.78 Å². The van der Waals surface area contributed by atoms with Crippen molar-refractivity contribution in [3.8, 4) is 5.75 Å². The normalized spacial score (nSPS) is 15.9. The lowest BCUT2D eigenvalue weighted by Crippen LogP contribution is -2.39. The molecule has 128 valence electrons. The molecular weight excluding hydrogens is 302 g/mol. The Hall–Kier alpha value is -1.69. The highest BCUT2D eigenvalue weighted by Gasteiger charge is 2.22. The number of ether oxygens (including phenoxy) is 1. The van der Waals surface area contributed by atoms with E-state index in [-0.39, 0.29) is 18.1 Å². The number of likely N-dealkylation sites (tertiary alicyclic amines) is 1. The van der Waals surface area contributed by atoms with Gasteiger partial charge in [-0.05, 0) is 56.5 Å². The Kier molecular flexibility index (Phi) is 6.77. The highest BCUT2D eigenvalue weighted by atomic mass is 19.3. The van der Waals surface area contributed by atoms with Crippen LogP contribution >= 0.6 is 0 Å². The van der Waals surface area contributed by atoms with Crippen LogP contribution in [-0.4, -0.2) is 44.1 Å². The van der Waals surface area contributed by atoms with Gasteiger partial charge in [0.15, 0.2) is 0 Å². The molecule has 1 saturated heterocycles. The number of benzene rings is 1. The third-order valence-electron chi connectivity index (χ3n) is 4.25. The zero-order valence-corrected chi connectivity index (χ0v) is 13.4. The van der Waals surface area contributed by atoms with Gasteiger partial charge in [-0.15, -0.1) is 0 Å². The Morgan fingerprint density at radius 1 is 1.39 bits per heavy atom. The molecule has 1 aliphatic heterocycles. The zero-order valence-electron chi connectivity index (χ0n) is 13.4. The summed E-state index contributed by atoms with van der Waals surface area (Å²) >= 11 is 0. The van der Waals surface area contributed by atoms with E-state index in [0.29, 0.717) is 11.5 Å². The molecule has 2 rings (SSSR count). The molecule has 0 aliphatic carbocycles. The van der Waals surface area contributed by atoms with E-state index in [4.69, 9.17) is 0 Å². The summed E-state index contributed by atoms with van der Waals surface area (Å²) in [4.78, 5) is 14.2. The van der Waals surface area contributed by atoms with Crippen LogP contribution in [0.1, 0.15) is 24.8 Å². The van der Waals surface area contributed by atoms with Crippen molar-refractivity contribution in [2.24, 2.45) is 5.92 Å². The molecule has 1 aromatic rings. The van der Waals surface area contributed by atoms with Crippen LogP contribution < -0.4 is 10.1 Å². The molecule has 1 fully saturated rings. The van der Waals surface area contributed by atoms with E-state index in [1.54, 1.807) is 12.1 Å². The van der Waals surface area contributed by atoms with Gasteiger partial charge in [-0.25, -0.2) is 0 Å². The SMILES string of the molecule is CNCCC1CCN(C(=O)Cc2cccc(OC(F)F)c2)CC1. The molecule has 0 aromatic heterocycles. The van der Waals surface area contributed by atoms with Crippen molar-refractivity contribution in [3.05, 3.63) is 29.8 Å². The molecule has 0 radical (unpaired) electrons. The van der Waals surface area contributed by atoms with Gasteiger partial charge in [0, 0.05) is 13.1 Å². The molecule has 0 atom stereocenters. The molecular formula is C17H24F2N2O2. The van der Waals surface area contributed by atoms with Gasteiger partial charge in [0.25, 0.3) is 0 Å². The Labute approximate surface area is 135 Å². The van der Waals surface area contributed by atoms with Crippen molar-refractivity contribution in [2.45, 2.75) is 32.3 Å². The molecule has 1 aliphatic rings. The number of amides is 1. The summed E-state index contributed by atoms with van der Waals surface area (Å²) in [5.74, 6) is 0.816. The first-order valence-electron chi connectivity index (χ1n) is 8.04. The number of rotatable bonds is 7. The lowest BCUT2D eigenvalue weighted by Gasteiger charge is -2.32. The van der Waals surface area contributed by atoms with Gasteiger partial charge in [0.1, 0.15) is 5.75 Å². The largest absolute Gasteiger partial charge is 0.435 e. The van der Waals surface area contributed by atoms with Gasteiger partial charge in [0.05, 0.1) is 6.42 Å². The molecule has 4 nitrogen and oxygen atoms in total. The molecule has 0 unspecified atom stereocenters. The summed E-state index contributed by atoms with van der Waals surface area (Å²) in [6.07, 6.45) is 3.43. The number of carbonyl (C=O) groups excluding carboxylic acids is 1. The lowest BCUT2D eigenvalue weighted by atomic mass is 9.93. The molecule has 0 spiro atoms. The van der Waals surface area contributed by atoms with Crippen molar-refractivity contribution >= 4 is 5.91 Å². The number of hydrogen-bond donors (Lipinski definition) is 1. The number of alkyl halides is 2. The number of nitrogens with zero attached hydrogens (tertiary/aromatic N) is 1. The standard InChI is InChI=1S/C17H24F2N2O2/c1-20-8-5-13-6-9-21(10-7-13)16(22)12-14-3-2-4-15(11-14)23-17(18)19/h2-4,11,13,17,20H,5-10,12H2,1H3. The van der Waals surface area contributed by atoms with E-state index in [1.165, 1.54) is 12.1 Å². The molecule has 6 heteroatoms. The fourth-order valence-electron chi connectivity index (χ4n) is 2.94. The third kappa shape index (κ3) is 5.78. The number of nitrogens with one attached hydrogen (secondary N) is 1. The Morgan fingerprint density at radius 3 is 2.78 bits per heavy atom. The molecule has 1 heterocycles. The van der Waals surface area contributed by atoms with Crippen LogP contribution in [0.5, 0.6) is 5.75 Å². The van der Waals surface area contributed by atoms with Gasteiger partial charge >= 0.3 is 6.61 Å². The smallest absolute Gasteiger partial charge is 0.387 e. The molecule has 0 bridgehead atoms. The van der Waals surface area contributed by atoms with Crippen LogP contribution in [0.15, 0.2) is 24.3 Å². The highest BCUT2D eigenvalue weighted by molar-refractivity contribution is 5.79. The number of piperidine rings is 1. The number of hydrogen-bond acceptors (Lipinski definition) is 3. The Bertz CT molecular complexity index is 503. The summed E-state index contributed by atoms with van der Waals surface area (Å²) in [7, 11) is 1.95. The summed E-state index contributed by atoms with van der Waals surface area (Å²) in [5.41, 5.74) is 0.699. The first kappa shape index (κ1) is 17.7. The monoisotopic (exact) mass is 326 g/mol. The van der Waals surface area contributed by atoms with Crippen molar-refractivity contribution in [3.63, 3.8) is 0 Å². The second-order valence-electron chi connectivity index (χ2n) is 5.92. The topological polar surface area (TPSA) is 41.6 Å². The lowest BCUT2D eigenvalue weighted by molar-refractivity contribution is -0.131. The van der Waals surface area contributed by atoms with E-state index < -0.39 is 6.61 Å². The minimum absolute atomic E-state index is 0.0475. The first-order chi connectivity index (χ1) is 11.1. The van der Waals surface area contributed by atoms with Gasteiger partial charge in [-0.1, -0.05) is 12.1 Å². The maximum absolute atomic E-state index is 12.3. The molecule has 1 aromatic carbocycles. The van der Waals surface area contributed by atoms with Crippen molar-refractivity contribution in [1.82, 2.24) is 10.2 Å². The van der Waals surface area contributed by atoms with E-state index in [1.807, 2.05) is 11.9 Å². The summed E-state index contributed by atoms with van der Waals surface area (Å²) in [6.45, 7) is -0.284. The van der Waals surface area contributed by atoms with Crippen LogP contribution in [0.25, 0.3) is 0 Å². The van der Waals surface area contributed by atoms with E-state index in [9.17, 15) is 13.6 Å². The summed E-state index contributed by atoms with van der Waals surface area (Å²) < 4.78 is 28.8. The molecule has 0 saturated carbocycles. The van der Waals surface area contributed by atoms with Crippen LogP contribution in [0.2, 0.25) is 0 Å². The second kappa shape index (κ2) is 8.82. The van der Waals surface area contributed by atoms with Crippen molar-refractivity contribution in [2.75, 3.05) is 26.7 Å². The minimum Gasteiger partial charge on any atom is -0.435 e.